The van der Waals surface area contributed by atoms with E-state index in [0.717, 1.165) is 34.7 Å². The number of para-hydroxylation sites is 2. The summed E-state index contributed by atoms with van der Waals surface area (Å²) in [7, 11) is 0. The lowest BCUT2D eigenvalue weighted by Gasteiger charge is -2.06. The van der Waals surface area contributed by atoms with Crippen LogP contribution in [-0.2, 0) is 6.54 Å². The molecule has 0 N–H and O–H groups in total. The Hall–Kier alpha value is -2.55. The van der Waals surface area contributed by atoms with Crippen molar-refractivity contribution >= 4 is 23.2 Å². The first-order valence-corrected chi connectivity index (χ1v) is 6.55. The van der Waals surface area contributed by atoms with E-state index < -0.39 is 0 Å². The van der Waals surface area contributed by atoms with Gasteiger partial charge in [-0.1, -0.05) is 24.3 Å². The fraction of sp³-hybridized carbons (Fsp3) is 0.118. The normalized spacial score (nSPS) is 11.4. The Morgan fingerprint density at radius 1 is 1.25 bits per heavy atom. The van der Waals surface area contributed by atoms with E-state index in [9.17, 15) is 0 Å². The molecule has 3 rings (SSSR count). The number of furan rings is 1. The van der Waals surface area contributed by atoms with Gasteiger partial charge in [0.05, 0.1) is 17.3 Å². The molecular formula is C17H16N2O. The van der Waals surface area contributed by atoms with Gasteiger partial charge < -0.3 is 8.98 Å². The first-order valence-electron chi connectivity index (χ1n) is 6.55. The maximum atomic E-state index is 5.31. The summed E-state index contributed by atoms with van der Waals surface area (Å²) in [5.41, 5.74) is 3.21. The number of imidazole rings is 1. The number of nitrogens with zero attached hydrogens (tertiary/aromatic N) is 2. The summed E-state index contributed by atoms with van der Waals surface area (Å²) in [4.78, 5) is 4.66. The molecule has 3 aromatic rings. The van der Waals surface area contributed by atoms with Gasteiger partial charge in [-0.05, 0) is 43.3 Å². The lowest BCUT2D eigenvalue weighted by Crippen LogP contribution is -2.00. The van der Waals surface area contributed by atoms with Gasteiger partial charge in [0, 0.05) is 6.54 Å². The highest BCUT2D eigenvalue weighted by molar-refractivity contribution is 5.79. The van der Waals surface area contributed by atoms with Crippen molar-refractivity contribution < 1.29 is 4.42 Å². The Bertz CT molecular complexity index is 763. The summed E-state index contributed by atoms with van der Waals surface area (Å²) in [6, 6.07) is 11.9. The van der Waals surface area contributed by atoms with Crippen LogP contribution in [0.15, 0.2) is 59.2 Å². The highest BCUT2D eigenvalue weighted by Gasteiger charge is 2.07. The Balaban J connectivity index is 2.06. The number of allylic oxidation sites excluding steroid dienone is 1. The molecule has 3 nitrogen and oxygen atoms in total. The molecule has 20 heavy (non-hydrogen) atoms. The van der Waals surface area contributed by atoms with Gasteiger partial charge in [0.2, 0.25) is 0 Å². The highest BCUT2D eigenvalue weighted by Crippen LogP contribution is 2.19. The first-order chi connectivity index (χ1) is 9.74. The number of aromatic nitrogens is 2. The van der Waals surface area contributed by atoms with Crippen LogP contribution >= 0.6 is 0 Å². The maximum absolute atomic E-state index is 5.31. The fourth-order valence-corrected chi connectivity index (χ4v) is 2.20. The summed E-state index contributed by atoms with van der Waals surface area (Å²) in [5.74, 6) is 1.73. The van der Waals surface area contributed by atoms with Gasteiger partial charge in [0.1, 0.15) is 11.6 Å². The molecule has 0 fully saturated rings. The van der Waals surface area contributed by atoms with E-state index in [1.54, 1.807) is 6.26 Å². The third-order valence-electron chi connectivity index (χ3n) is 3.05. The van der Waals surface area contributed by atoms with Gasteiger partial charge in [-0.15, -0.1) is 0 Å². The number of fused-ring (bicyclic) bond motifs is 1. The SMILES string of the molecule is C=C(C)Cn1c(/C=C/c2ccco2)nc2ccccc21. The minimum atomic E-state index is 0.762. The van der Waals surface area contributed by atoms with Gasteiger partial charge in [-0.25, -0.2) is 4.98 Å². The zero-order valence-corrected chi connectivity index (χ0v) is 11.4. The molecule has 0 bridgehead atoms. The molecule has 0 saturated heterocycles. The van der Waals surface area contributed by atoms with E-state index in [1.807, 2.05) is 49.4 Å². The molecule has 3 heteroatoms. The third-order valence-corrected chi connectivity index (χ3v) is 3.05. The van der Waals surface area contributed by atoms with Crippen LogP contribution in [0, 0.1) is 0 Å². The van der Waals surface area contributed by atoms with E-state index in [4.69, 9.17) is 4.42 Å². The smallest absolute Gasteiger partial charge is 0.134 e. The van der Waals surface area contributed by atoms with Crippen molar-refractivity contribution in [3.05, 3.63) is 66.4 Å². The number of hydrogen-bond acceptors (Lipinski definition) is 2. The second-order valence-electron chi connectivity index (χ2n) is 4.85. The summed E-state index contributed by atoms with van der Waals surface area (Å²) in [6.07, 6.45) is 5.56. The Morgan fingerprint density at radius 3 is 2.85 bits per heavy atom. The van der Waals surface area contributed by atoms with Crippen molar-refractivity contribution in [2.75, 3.05) is 0 Å². The molecule has 0 aliphatic rings. The van der Waals surface area contributed by atoms with Gasteiger partial charge in [-0.3, -0.25) is 0 Å². The molecule has 0 radical (unpaired) electrons. The van der Waals surface area contributed by atoms with Crippen LogP contribution in [0.5, 0.6) is 0 Å². The maximum Gasteiger partial charge on any atom is 0.134 e. The minimum Gasteiger partial charge on any atom is -0.465 e. The predicted octanol–water partition coefficient (Wildman–Crippen LogP) is 4.38. The molecule has 0 amide bonds. The van der Waals surface area contributed by atoms with Crippen molar-refractivity contribution in [2.45, 2.75) is 13.5 Å². The quantitative estimate of drug-likeness (QED) is 0.655. The van der Waals surface area contributed by atoms with E-state index in [2.05, 4.69) is 22.2 Å². The second-order valence-corrected chi connectivity index (χ2v) is 4.85. The van der Waals surface area contributed by atoms with E-state index in [1.165, 1.54) is 0 Å². The molecule has 1 aromatic carbocycles. The van der Waals surface area contributed by atoms with Crippen molar-refractivity contribution in [3.8, 4) is 0 Å². The van der Waals surface area contributed by atoms with Crippen molar-refractivity contribution in [2.24, 2.45) is 0 Å². The standard InChI is InChI=1S/C17H16N2O/c1-13(2)12-19-16-8-4-3-7-15(16)18-17(19)10-9-14-6-5-11-20-14/h3-11H,1,12H2,2H3/b10-9+. The zero-order valence-electron chi connectivity index (χ0n) is 11.4. The Morgan fingerprint density at radius 2 is 2.10 bits per heavy atom. The lowest BCUT2D eigenvalue weighted by molar-refractivity contribution is 0.557. The number of hydrogen-bond donors (Lipinski definition) is 0. The van der Waals surface area contributed by atoms with Crippen molar-refractivity contribution in [1.82, 2.24) is 9.55 Å². The van der Waals surface area contributed by atoms with Crippen LogP contribution in [0.25, 0.3) is 23.2 Å². The predicted molar refractivity (Wildman–Crippen MR) is 82.2 cm³/mol. The lowest BCUT2D eigenvalue weighted by atomic mass is 10.3. The number of rotatable bonds is 4. The van der Waals surface area contributed by atoms with Gasteiger partial charge in [-0.2, -0.15) is 0 Å². The summed E-state index contributed by atoms with van der Waals surface area (Å²) >= 11 is 0. The Kier molecular flexibility index (Phi) is 3.25. The molecule has 0 unspecified atom stereocenters. The molecule has 2 heterocycles. The molecule has 2 aromatic heterocycles. The Labute approximate surface area is 117 Å². The molecule has 100 valence electrons. The average molecular weight is 264 g/mol. The molecule has 0 spiro atoms. The zero-order chi connectivity index (χ0) is 13.9. The summed E-state index contributed by atoms with van der Waals surface area (Å²) < 4.78 is 7.47. The molecule has 0 aliphatic heterocycles. The van der Waals surface area contributed by atoms with Crippen molar-refractivity contribution in [3.63, 3.8) is 0 Å². The summed E-state index contributed by atoms with van der Waals surface area (Å²) in [6.45, 7) is 6.78. The van der Waals surface area contributed by atoms with Crippen LogP contribution in [-0.4, -0.2) is 9.55 Å². The van der Waals surface area contributed by atoms with E-state index in [0.29, 0.717) is 0 Å². The van der Waals surface area contributed by atoms with Crippen LogP contribution in [0.4, 0.5) is 0 Å². The fourth-order valence-electron chi connectivity index (χ4n) is 2.20. The summed E-state index contributed by atoms with van der Waals surface area (Å²) in [5, 5.41) is 0. The van der Waals surface area contributed by atoms with Crippen LogP contribution in [0.3, 0.4) is 0 Å². The third kappa shape index (κ3) is 2.43. The van der Waals surface area contributed by atoms with E-state index >= 15 is 0 Å². The molecular weight excluding hydrogens is 248 g/mol. The molecule has 0 saturated carbocycles. The van der Waals surface area contributed by atoms with Crippen LogP contribution in [0.1, 0.15) is 18.5 Å². The highest BCUT2D eigenvalue weighted by atomic mass is 16.3. The van der Waals surface area contributed by atoms with Gasteiger partial charge in [0.25, 0.3) is 0 Å². The van der Waals surface area contributed by atoms with Crippen molar-refractivity contribution in [1.29, 1.82) is 0 Å². The first kappa shape index (κ1) is 12.5. The monoisotopic (exact) mass is 264 g/mol. The van der Waals surface area contributed by atoms with Gasteiger partial charge >= 0.3 is 0 Å². The second kappa shape index (κ2) is 5.21. The van der Waals surface area contributed by atoms with Crippen LogP contribution < -0.4 is 0 Å². The largest absolute Gasteiger partial charge is 0.465 e. The average Bonchev–Trinajstić information content (AvgIpc) is 3.04. The van der Waals surface area contributed by atoms with Crippen LogP contribution in [0.2, 0.25) is 0 Å². The van der Waals surface area contributed by atoms with Gasteiger partial charge in [0.15, 0.2) is 0 Å². The molecule has 0 atom stereocenters. The number of benzene rings is 1. The minimum absolute atomic E-state index is 0.762. The van der Waals surface area contributed by atoms with E-state index in [-0.39, 0.29) is 0 Å². The topological polar surface area (TPSA) is 31.0 Å². The molecule has 0 aliphatic carbocycles.